The number of carbonyl (C=O) groups excluding carboxylic acids is 1. The number of rotatable bonds is 6. The van der Waals surface area contributed by atoms with Crippen molar-refractivity contribution < 1.29 is 19.4 Å². The van der Waals surface area contributed by atoms with Crippen molar-refractivity contribution in [3.05, 3.63) is 126 Å². The summed E-state index contributed by atoms with van der Waals surface area (Å²) in [7, 11) is 0. The van der Waals surface area contributed by atoms with E-state index in [-0.39, 0.29) is 0 Å². The van der Waals surface area contributed by atoms with Crippen LogP contribution >= 0.6 is 0 Å². The van der Waals surface area contributed by atoms with Gasteiger partial charge in [0, 0.05) is 17.4 Å². The molecule has 0 heterocycles. The molecule has 1 N–H and O–H groups in total. The highest BCUT2D eigenvalue weighted by Crippen LogP contribution is 2.58. The second-order valence-electron chi connectivity index (χ2n) is 8.55. The fraction of sp³-hybridized carbons (Fsp3) is 0.133. The van der Waals surface area contributed by atoms with Gasteiger partial charge in [0.2, 0.25) is 0 Å². The van der Waals surface area contributed by atoms with Gasteiger partial charge >= 0.3 is 11.9 Å². The summed E-state index contributed by atoms with van der Waals surface area (Å²) >= 11 is 0. The summed E-state index contributed by atoms with van der Waals surface area (Å²) in [6.45, 7) is 0. The van der Waals surface area contributed by atoms with Crippen molar-refractivity contribution in [1.82, 2.24) is 0 Å². The molecule has 4 aromatic carbocycles. The molecule has 34 heavy (non-hydrogen) atoms. The molecule has 0 bridgehead atoms. The second kappa shape index (κ2) is 9.36. The zero-order valence-electron chi connectivity index (χ0n) is 18.5. The fourth-order valence-electron chi connectivity index (χ4n) is 5.12. The second-order valence-corrected chi connectivity index (χ2v) is 8.55. The number of ether oxygens (including phenoxy) is 1. The number of carboxylic acid groups (broad SMARTS) is 1. The molecule has 0 aliphatic heterocycles. The highest BCUT2D eigenvalue weighted by Gasteiger charge is 2.59. The smallest absolute Gasteiger partial charge is 0.315 e. The zero-order chi connectivity index (χ0) is 23.5. The Bertz CT molecular complexity index is 1240. The summed E-state index contributed by atoms with van der Waals surface area (Å²) < 4.78 is 6.00. The molecule has 168 valence electrons. The first-order chi connectivity index (χ1) is 16.6. The molecular weight excluding hydrogens is 424 g/mol. The maximum Gasteiger partial charge on any atom is 0.315 e. The number of aliphatic carboxylic acids is 1. The van der Waals surface area contributed by atoms with Gasteiger partial charge in [0.05, 0.1) is 11.8 Å². The lowest BCUT2D eigenvalue weighted by molar-refractivity contribution is -0.158. The van der Waals surface area contributed by atoms with E-state index in [4.69, 9.17) is 4.74 Å². The van der Waals surface area contributed by atoms with E-state index in [1.165, 1.54) is 0 Å². The van der Waals surface area contributed by atoms with E-state index in [1.54, 1.807) is 6.07 Å². The fourth-order valence-corrected chi connectivity index (χ4v) is 5.12. The molecule has 1 saturated carbocycles. The van der Waals surface area contributed by atoms with Crippen LogP contribution in [0.25, 0.3) is 11.1 Å². The van der Waals surface area contributed by atoms with Crippen LogP contribution in [-0.2, 0) is 9.59 Å². The van der Waals surface area contributed by atoms with Gasteiger partial charge in [-0.15, -0.1) is 0 Å². The summed E-state index contributed by atoms with van der Waals surface area (Å²) in [5.74, 6) is -3.13. The Morgan fingerprint density at radius 2 is 1.06 bits per heavy atom. The minimum Gasteiger partial charge on any atom is -0.481 e. The molecule has 4 nitrogen and oxygen atoms in total. The maximum absolute atomic E-state index is 13.7. The van der Waals surface area contributed by atoms with E-state index >= 15 is 0 Å². The third kappa shape index (κ3) is 3.99. The molecule has 1 aliphatic rings. The summed E-state index contributed by atoms with van der Waals surface area (Å²) in [6, 6.07) is 36.0. The van der Waals surface area contributed by atoms with Gasteiger partial charge in [-0.2, -0.15) is 0 Å². The van der Waals surface area contributed by atoms with Crippen LogP contribution in [0.3, 0.4) is 0 Å². The first-order valence-corrected chi connectivity index (χ1v) is 11.3. The van der Waals surface area contributed by atoms with E-state index in [0.717, 1.165) is 22.3 Å². The van der Waals surface area contributed by atoms with Crippen LogP contribution in [-0.4, -0.2) is 17.0 Å². The van der Waals surface area contributed by atoms with Crippen molar-refractivity contribution in [2.45, 2.75) is 11.8 Å². The predicted molar refractivity (Wildman–Crippen MR) is 130 cm³/mol. The van der Waals surface area contributed by atoms with Crippen molar-refractivity contribution in [3.8, 4) is 16.9 Å². The number of carbonyl (C=O) groups is 2. The van der Waals surface area contributed by atoms with E-state index in [1.807, 2.05) is 109 Å². The van der Waals surface area contributed by atoms with Crippen LogP contribution in [0.15, 0.2) is 115 Å². The SMILES string of the molecule is O=C(O)[C@H]1[C@H](c2ccccc2)[C@H](C(=O)Oc2ccccc2-c2ccccc2)[C@H]1c1ccccc1. The van der Waals surface area contributed by atoms with Crippen LogP contribution < -0.4 is 4.74 Å². The van der Waals surface area contributed by atoms with Gasteiger partial charge in [0.25, 0.3) is 0 Å². The Morgan fingerprint density at radius 1 is 0.588 bits per heavy atom. The van der Waals surface area contributed by atoms with Crippen molar-refractivity contribution in [2.75, 3.05) is 0 Å². The lowest BCUT2D eigenvalue weighted by atomic mass is 9.52. The number of carboxylic acids is 1. The van der Waals surface area contributed by atoms with Gasteiger partial charge in [-0.3, -0.25) is 9.59 Å². The van der Waals surface area contributed by atoms with Gasteiger partial charge in [-0.1, -0.05) is 109 Å². The Morgan fingerprint density at radius 3 is 1.59 bits per heavy atom. The van der Waals surface area contributed by atoms with Crippen LogP contribution in [0.2, 0.25) is 0 Å². The minimum atomic E-state index is -0.906. The Hall–Kier alpha value is -4.18. The topological polar surface area (TPSA) is 63.6 Å². The first kappa shape index (κ1) is 21.7. The van der Waals surface area contributed by atoms with E-state index < -0.39 is 35.6 Å². The average Bonchev–Trinajstić information content (AvgIpc) is 2.85. The molecule has 4 heteroatoms. The Kier molecular flexibility index (Phi) is 5.96. The number of para-hydroxylation sites is 1. The molecule has 0 saturated heterocycles. The summed E-state index contributed by atoms with van der Waals surface area (Å²) in [4.78, 5) is 26.1. The van der Waals surface area contributed by atoms with Crippen molar-refractivity contribution >= 4 is 11.9 Å². The van der Waals surface area contributed by atoms with Crippen LogP contribution in [0.5, 0.6) is 5.75 Å². The number of esters is 1. The molecular formula is C30H24O4. The zero-order valence-corrected chi connectivity index (χ0v) is 18.5. The maximum atomic E-state index is 13.7. The van der Waals surface area contributed by atoms with Crippen LogP contribution in [0.1, 0.15) is 23.0 Å². The van der Waals surface area contributed by atoms with Gasteiger partial charge in [-0.05, 0) is 22.8 Å². The number of hydrogen-bond acceptors (Lipinski definition) is 3. The molecule has 0 radical (unpaired) electrons. The third-order valence-electron chi connectivity index (χ3n) is 6.66. The molecule has 0 spiro atoms. The standard InChI is InChI=1S/C30H24O4/c31-29(32)27-25(21-14-6-2-7-15-21)28(26(27)22-16-8-3-9-17-22)30(33)34-24-19-11-10-18-23(24)20-12-4-1-5-13-20/h1-19,25-28H,(H,31,32)/t25-,26-,27-,28-/m0/s1. The number of benzene rings is 4. The van der Waals surface area contributed by atoms with E-state index in [9.17, 15) is 14.7 Å². The van der Waals surface area contributed by atoms with Crippen LogP contribution in [0.4, 0.5) is 0 Å². The Labute approximate surface area is 198 Å². The van der Waals surface area contributed by atoms with Crippen molar-refractivity contribution in [1.29, 1.82) is 0 Å². The number of hydrogen-bond donors (Lipinski definition) is 1. The minimum absolute atomic E-state index is 0.413. The lowest BCUT2D eigenvalue weighted by Crippen LogP contribution is -2.52. The monoisotopic (exact) mass is 448 g/mol. The largest absolute Gasteiger partial charge is 0.481 e. The first-order valence-electron chi connectivity index (χ1n) is 11.3. The molecule has 5 rings (SSSR count). The normalized spacial score (nSPS) is 21.3. The molecule has 1 fully saturated rings. The van der Waals surface area contributed by atoms with E-state index in [2.05, 4.69) is 0 Å². The quantitative estimate of drug-likeness (QED) is 0.284. The summed E-state index contributed by atoms with van der Waals surface area (Å²) in [5.41, 5.74) is 3.43. The van der Waals surface area contributed by atoms with Crippen LogP contribution in [0, 0.1) is 11.8 Å². The lowest BCUT2D eigenvalue weighted by Gasteiger charge is -2.49. The highest BCUT2D eigenvalue weighted by molar-refractivity contribution is 5.87. The van der Waals surface area contributed by atoms with Crippen molar-refractivity contribution in [3.63, 3.8) is 0 Å². The molecule has 1 aliphatic carbocycles. The summed E-state index contributed by atoms with van der Waals surface area (Å²) in [5, 5.41) is 10.1. The van der Waals surface area contributed by atoms with Crippen molar-refractivity contribution in [2.24, 2.45) is 11.8 Å². The molecule has 0 amide bonds. The Balaban J connectivity index is 1.53. The van der Waals surface area contributed by atoms with Gasteiger partial charge in [0.1, 0.15) is 5.75 Å². The third-order valence-corrected chi connectivity index (χ3v) is 6.66. The van der Waals surface area contributed by atoms with E-state index in [0.29, 0.717) is 5.75 Å². The molecule has 0 aromatic heterocycles. The highest BCUT2D eigenvalue weighted by atomic mass is 16.5. The van der Waals surface area contributed by atoms with Gasteiger partial charge < -0.3 is 9.84 Å². The summed E-state index contributed by atoms with van der Waals surface area (Å²) in [6.07, 6.45) is 0. The molecule has 0 unspecified atom stereocenters. The van der Waals surface area contributed by atoms with Gasteiger partial charge in [0.15, 0.2) is 0 Å². The molecule has 2 atom stereocenters. The molecule has 4 aromatic rings. The average molecular weight is 449 g/mol. The van der Waals surface area contributed by atoms with Gasteiger partial charge in [-0.25, -0.2) is 0 Å². The predicted octanol–water partition coefficient (Wildman–Crippen LogP) is 6.16.